The number of rotatable bonds is 8. The molecule has 8 heteroatoms. The van der Waals surface area contributed by atoms with Gasteiger partial charge < -0.3 is 14.6 Å². The van der Waals surface area contributed by atoms with Gasteiger partial charge in [-0.3, -0.25) is 9.59 Å². The van der Waals surface area contributed by atoms with Gasteiger partial charge in [-0.15, -0.1) is 10.2 Å². The molecule has 1 N–H and O–H groups in total. The average Bonchev–Trinajstić information content (AvgIpc) is 3.41. The van der Waals surface area contributed by atoms with E-state index in [-0.39, 0.29) is 18.3 Å². The monoisotopic (exact) mass is 360 g/mol. The van der Waals surface area contributed by atoms with Crippen molar-refractivity contribution in [3.8, 4) is 0 Å². The molecule has 1 aromatic carbocycles. The highest BCUT2D eigenvalue weighted by atomic mass is 32.2. The van der Waals surface area contributed by atoms with Gasteiger partial charge in [-0.25, -0.2) is 0 Å². The molecule has 0 bridgehead atoms. The minimum Gasteiger partial charge on any atom is -0.455 e. The molecule has 3 rings (SSSR count). The molecule has 2 aromatic rings. The van der Waals surface area contributed by atoms with Crippen LogP contribution in [0.5, 0.6) is 0 Å². The summed E-state index contributed by atoms with van der Waals surface area (Å²) in [6.45, 7) is 0.412. The predicted molar refractivity (Wildman–Crippen MR) is 93.3 cm³/mol. The first-order chi connectivity index (χ1) is 12.2. The minimum atomic E-state index is -0.448. The lowest BCUT2D eigenvalue weighted by atomic mass is 10.2. The minimum absolute atomic E-state index is 0.0918. The topological polar surface area (TPSA) is 86.1 Å². The van der Waals surface area contributed by atoms with Crippen LogP contribution in [0.3, 0.4) is 0 Å². The van der Waals surface area contributed by atoms with E-state index in [4.69, 9.17) is 4.74 Å². The lowest BCUT2D eigenvalue weighted by Crippen LogP contribution is -2.25. The van der Waals surface area contributed by atoms with E-state index in [1.54, 1.807) is 0 Å². The van der Waals surface area contributed by atoms with E-state index < -0.39 is 5.97 Å². The number of benzene rings is 1. The number of esters is 1. The molecular weight excluding hydrogens is 340 g/mol. The van der Waals surface area contributed by atoms with Gasteiger partial charge in [-0.1, -0.05) is 42.1 Å². The molecule has 7 nitrogen and oxygen atoms in total. The van der Waals surface area contributed by atoms with E-state index >= 15 is 0 Å². The zero-order chi connectivity index (χ0) is 17.6. The molecule has 0 spiro atoms. The van der Waals surface area contributed by atoms with Crippen LogP contribution in [0.15, 0.2) is 35.5 Å². The van der Waals surface area contributed by atoms with Crippen LogP contribution >= 0.6 is 11.8 Å². The molecule has 1 heterocycles. The summed E-state index contributed by atoms with van der Waals surface area (Å²) in [5.41, 5.74) is 1.16. The Hall–Kier alpha value is -2.35. The smallest absolute Gasteiger partial charge is 0.316 e. The molecular formula is C17H20N4O3S. The van der Waals surface area contributed by atoms with Crippen LogP contribution in [-0.2, 0) is 20.9 Å². The maximum atomic E-state index is 11.8. The van der Waals surface area contributed by atoms with Gasteiger partial charge in [0.1, 0.15) is 5.82 Å². The lowest BCUT2D eigenvalue weighted by molar-refractivity contribution is -0.145. The molecule has 0 saturated heterocycles. The summed E-state index contributed by atoms with van der Waals surface area (Å²) in [7, 11) is 1.50. The fourth-order valence-corrected chi connectivity index (χ4v) is 3.09. The first kappa shape index (κ1) is 17.5. The molecule has 1 amide bonds. The quantitative estimate of drug-likeness (QED) is 0.568. The summed E-state index contributed by atoms with van der Waals surface area (Å²) >= 11 is 1.28. The van der Waals surface area contributed by atoms with Gasteiger partial charge in [0.25, 0.3) is 5.91 Å². The number of amides is 1. The molecule has 25 heavy (non-hydrogen) atoms. The second kappa shape index (κ2) is 8.15. The maximum absolute atomic E-state index is 11.8. The molecule has 132 valence electrons. The van der Waals surface area contributed by atoms with Crippen LogP contribution in [0.2, 0.25) is 0 Å². The summed E-state index contributed by atoms with van der Waals surface area (Å²) in [6.07, 6.45) is 2.26. The predicted octanol–water partition coefficient (Wildman–Crippen LogP) is 1.59. The zero-order valence-corrected chi connectivity index (χ0v) is 14.8. The van der Waals surface area contributed by atoms with Gasteiger partial charge in [0.2, 0.25) is 0 Å². The maximum Gasteiger partial charge on any atom is 0.316 e. The summed E-state index contributed by atoms with van der Waals surface area (Å²) < 4.78 is 6.99. The SMILES string of the molecule is CNC(=O)COC(=O)CSc1nnc(C2CC2)n1Cc1ccccc1. The second-order valence-electron chi connectivity index (χ2n) is 5.81. The first-order valence-electron chi connectivity index (χ1n) is 8.13. The highest BCUT2D eigenvalue weighted by Gasteiger charge is 2.30. The number of likely N-dealkylation sites (N-methyl/N-ethyl adjacent to an activating group) is 1. The van der Waals surface area contributed by atoms with Crippen LogP contribution in [0, 0.1) is 0 Å². The Morgan fingerprint density at radius 3 is 2.72 bits per heavy atom. The number of thioether (sulfide) groups is 1. The molecule has 1 aliphatic rings. The Morgan fingerprint density at radius 1 is 1.28 bits per heavy atom. The number of nitrogens with one attached hydrogen (secondary N) is 1. The number of carbonyl (C=O) groups is 2. The third-order valence-corrected chi connectivity index (χ3v) is 4.77. The van der Waals surface area contributed by atoms with Crippen molar-refractivity contribution in [3.05, 3.63) is 41.7 Å². The van der Waals surface area contributed by atoms with E-state index in [0.717, 1.165) is 24.2 Å². The molecule has 1 saturated carbocycles. The number of aromatic nitrogens is 3. The molecule has 0 radical (unpaired) electrons. The van der Waals surface area contributed by atoms with Crippen molar-refractivity contribution in [2.45, 2.75) is 30.5 Å². The van der Waals surface area contributed by atoms with Crippen molar-refractivity contribution >= 4 is 23.6 Å². The largest absolute Gasteiger partial charge is 0.455 e. The van der Waals surface area contributed by atoms with E-state index in [2.05, 4.69) is 32.2 Å². The van der Waals surface area contributed by atoms with E-state index in [1.807, 2.05) is 18.2 Å². The van der Waals surface area contributed by atoms with Crippen LogP contribution < -0.4 is 5.32 Å². The third kappa shape index (κ3) is 4.82. The van der Waals surface area contributed by atoms with E-state index in [0.29, 0.717) is 17.6 Å². The van der Waals surface area contributed by atoms with Crippen LogP contribution in [0.1, 0.15) is 30.1 Å². The Balaban J connectivity index is 1.65. The van der Waals surface area contributed by atoms with Gasteiger partial charge in [0.05, 0.1) is 12.3 Å². The van der Waals surface area contributed by atoms with E-state index in [9.17, 15) is 9.59 Å². The fourth-order valence-electron chi connectivity index (χ4n) is 2.35. The molecule has 0 atom stereocenters. The highest BCUT2D eigenvalue weighted by Crippen LogP contribution is 2.40. The van der Waals surface area contributed by atoms with Gasteiger partial charge in [-0.05, 0) is 18.4 Å². The van der Waals surface area contributed by atoms with Crippen molar-refractivity contribution < 1.29 is 14.3 Å². The Labute approximate surface area is 150 Å². The summed E-state index contributed by atoms with van der Waals surface area (Å²) in [6, 6.07) is 10.1. The van der Waals surface area contributed by atoms with Crippen molar-refractivity contribution in [2.24, 2.45) is 0 Å². The van der Waals surface area contributed by atoms with Gasteiger partial charge >= 0.3 is 5.97 Å². The molecule has 0 aliphatic heterocycles. The number of hydrogen-bond donors (Lipinski definition) is 1. The van der Waals surface area contributed by atoms with Crippen molar-refractivity contribution in [1.29, 1.82) is 0 Å². The Kier molecular flexibility index (Phi) is 5.70. The van der Waals surface area contributed by atoms with Crippen LogP contribution in [0.4, 0.5) is 0 Å². The normalized spacial score (nSPS) is 13.5. The van der Waals surface area contributed by atoms with Crippen molar-refractivity contribution in [2.75, 3.05) is 19.4 Å². The van der Waals surface area contributed by atoms with Gasteiger partial charge in [0.15, 0.2) is 11.8 Å². The number of nitrogens with zero attached hydrogens (tertiary/aromatic N) is 3. The highest BCUT2D eigenvalue weighted by molar-refractivity contribution is 7.99. The van der Waals surface area contributed by atoms with E-state index in [1.165, 1.54) is 18.8 Å². The molecule has 1 aromatic heterocycles. The van der Waals surface area contributed by atoms with Gasteiger partial charge in [0, 0.05) is 13.0 Å². The van der Waals surface area contributed by atoms with Crippen LogP contribution in [0.25, 0.3) is 0 Å². The number of hydrogen-bond acceptors (Lipinski definition) is 6. The standard InChI is InChI=1S/C17H20N4O3S/c1-18-14(22)10-24-15(23)11-25-17-20-19-16(13-7-8-13)21(17)9-12-5-3-2-4-6-12/h2-6,13H,7-11H2,1H3,(H,18,22). The van der Waals surface area contributed by atoms with Gasteiger partial charge in [-0.2, -0.15) is 0 Å². The molecule has 1 fully saturated rings. The molecule has 1 aliphatic carbocycles. The van der Waals surface area contributed by atoms with Crippen molar-refractivity contribution in [1.82, 2.24) is 20.1 Å². The zero-order valence-electron chi connectivity index (χ0n) is 14.0. The van der Waals surface area contributed by atoms with Crippen LogP contribution in [-0.4, -0.2) is 46.0 Å². The second-order valence-corrected chi connectivity index (χ2v) is 6.75. The third-order valence-electron chi connectivity index (χ3n) is 3.83. The average molecular weight is 360 g/mol. The fraction of sp³-hybridized carbons (Fsp3) is 0.412. The first-order valence-corrected chi connectivity index (χ1v) is 9.12. The summed E-state index contributed by atoms with van der Waals surface area (Å²) in [4.78, 5) is 22.9. The number of carbonyl (C=O) groups excluding carboxylic acids is 2. The van der Waals surface area contributed by atoms with Crippen molar-refractivity contribution in [3.63, 3.8) is 0 Å². The lowest BCUT2D eigenvalue weighted by Gasteiger charge is -2.10. The summed E-state index contributed by atoms with van der Waals surface area (Å²) in [5.74, 6) is 0.752. The Bertz CT molecular complexity index is 744. The number of ether oxygens (including phenoxy) is 1. The Morgan fingerprint density at radius 2 is 2.04 bits per heavy atom. The summed E-state index contributed by atoms with van der Waals surface area (Å²) in [5, 5.41) is 11.7. The molecule has 0 unspecified atom stereocenters.